The van der Waals surface area contributed by atoms with E-state index in [1.165, 1.54) is 0 Å². The van der Waals surface area contributed by atoms with Crippen molar-refractivity contribution in [2.45, 2.75) is 6.42 Å². The van der Waals surface area contributed by atoms with Crippen LogP contribution in [0.1, 0.15) is 16.2 Å². The lowest BCUT2D eigenvalue weighted by Crippen LogP contribution is -2.27. The first-order valence-electron chi connectivity index (χ1n) is 5.82. The molecule has 0 fully saturated rings. The smallest absolute Gasteiger partial charge is 0.252 e. The standard InChI is InChI=1S/C12H12ClIN4OS/c1-18-10(16-17-12(18)20)4-5-15-11(19)8-6-7(13)2-3-9(8)14/h2-3,6H,4-5H2,1H3,(H,15,19)(H,17,20). The van der Waals surface area contributed by atoms with Crippen LogP contribution in [-0.4, -0.2) is 27.2 Å². The molecule has 0 unspecified atom stereocenters. The van der Waals surface area contributed by atoms with Gasteiger partial charge in [0.25, 0.3) is 5.91 Å². The van der Waals surface area contributed by atoms with Crippen molar-refractivity contribution in [3.8, 4) is 0 Å². The van der Waals surface area contributed by atoms with E-state index < -0.39 is 0 Å². The number of carbonyl (C=O) groups excluding carboxylic acids is 1. The Morgan fingerprint density at radius 1 is 1.60 bits per heavy atom. The molecule has 0 atom stereocenters. The molecule has 2 N–H and O–H groups in total. The van der Waals surface area contributed by atoms with Crippen molar-refractivity contribution in [2.75, 3.05) is 6.54 Å². The van der Waals surface area contributed by atoms with Gasteiger partial charge in [0.1, 0.15) is 5.82 Å². The molecular formula is C12H12ClIN4OS. The third-order valence-electron chi connectivity index (χ3n) is 2.78. The summed E-state index contributed by atoms with van der Waals surface area (Å²) < 4.78 is 3.21. The topological polar surface area (TPSA) is 62.7 Å². The monoisotopic (exact) mass is 422 g/mol. The lowest BCUT2D eigenvalue weighted by molar-refractivity contribution is 0.0953. The Balaban J connectivity index is 1.97. The Morgan fingerprint density at radius 2 is 2.35 bits per heavy atom. The highest BCUT2D eigenvalue weighted by Crippen LogP contribution is 2.17. The molecule has 0 spiro atoms. The van der Waals surface area contributed by atoms with E-state index in [2.05, 4.69) is 38.1 Å². The Kier molecular flexibility index (Phi) is 5.17. The second-order valence-electron chi connectivity index (χ2n) is 4.13. The van der Waals surface area contributed by atoms with Crippen LogP contribution in [0.15, 0.2) is 18.2 Å². The van der Waals surface area contributed by atoms with Gasteiger partial charge in [0.15, 0.2) is 4.77 Å². The van der Waals surface area contributed by atoms with Crippen LogP contribution in [-0.2, 0) is 13.5 Å². The number of carbonyl (C=O) groups is 1. The van der Waals surface area contributed by atoms with Crippen LogP contribution >= 0.6 is 46.4 Å². The van der Waals surface area contributed by atoms with Gasteiger partial charge in [-0.3, -0.25) is 9.89 Å². The second kappa shape index (κ2) is 6.68. The molecule has 0 bridgehead atoms. The lowest BCUT2D eigenvalue weighted by atomic mass is 10.2. The van der Waals surface area contributed by atoms with E-state index in [9.17, 15) is 4.79 Å². The van der Waals surface area contributed by atoms with Gasteiger partial charge in [0.2, 0.25) is 0 Å². The van der Waals surface area contributed by atoms with Crippen molar-refractivity contribution >= 4 is 52.3 Å². The zero-order valence-electron chi connectivity index (χ0n) is 10.6. The molecule has 1 amide bonds. The number of nitrogens with zero attached hydrogens (tertiary/aromatic N) is 2. The predicted octanol–water partition coefficient (Wildman–Crippen LogP) is 2.71. The highest BCUT2D eigenvalue weighted by Gasteiger charge is 2.10. The summed E-state index contributed by atoms with van der Waals surface area (Å²) in [4.78, 5) is 12.1. The predicted molar refractivity (Wildman–Crippen MR) is 88.6 cm³/mol. The average molecular weight is 423 g/mol. The van der Waals surface area contributed by atoms with Gasteiger partial charge >= 0.3 is 0 Å². The molecule has 106 valence electrons. The van der Waals surface area contributed by atoms with E-state index in [1.807, 2.05) is 13.1 Å². The summed E-state index contributed by atoms with van der Waals surface area (Å²) in [7, 11) is 1.84. The van der Waals surface area contributed by atoms with E-state index in [0.29, 0.717) is 28.3 Å². The molecular weight excluding hydrogens is 411 g/mol. The molecule has 0 saturated heterocycles. The summed E-state index contributed by atoms with van der Waals surface area (Å²) in [5.74, 6) is 0.657. The number of aromatic nitrogens is 3. The molecule has 0 aliphatic heterocycles. The average Bonchev–Trinajstić information content (AvgIpc) is 2.73. The fourth-order valence-electron chi connectivity index (χ4n) is 1.66. The van der Waals surface area contributed by atoms with Gasteiger partial charge < -0.3 is 9.88 Å². The summed E-state index contributed by atoms with van der Waals surface area (Å²) >= 11 is 13.0. The normalized spacial score (nSPS) is 10.6. The van der Waals surface area contributed by atoms with Crippen LogP contribution in [0.5, 0.6) is 0 Å². The molecule has 1 heterocycles. The number of nitrogens with one attached hydrogen (secondary N) is 2. The first-order chi connectivity index (χ1) is 9.49. The summed E-state index contributed by atoms with van der Waals surface area (Å²) in [6.45, 7) is 0.481. The van der Waals surface area contributed by atoms with Gasteiger partial charge in [-0.1, -0.05) is 11.6 Å². The highest BCUT2D eigenvalue weighted by molar-refractivity contribution is 14.1. The fourth-order valence-corrected chi connectivity index (χ4v) is 2.56. The van der Waals surface area contributed by atoms with E-state index >= 15 is 0 Å². The van der Waals surface area contributed by atoms with Gasteiger partial charge in [-0.15, -0.1) is 0 Å². The Hall–Kier alpha value is -0.930. The second-order valence-corrected chi connectivity index (χ2v) is 6.12. The zero-order valence-corrected chi connectivity index (χ0v) is 14.3. The maximum atomic E-state index is 12.1. The lowest BCUT2D eigenvalue weighted by Gasteiger charge is -2.07. The van der Waals surface area contributed by atoms with Crippen molar-refractivity contribution in [3.63, 3.8) is 0 Å². The summed E-state index contributed by atoms with van der Waals surface area (Å²) in [5, 5.41) is 10.2. The fraction of sp³-hybridized carbons (Fsp3) is 0.250. The Labute approximate surface area is 139 Å². The summed E-state index contributed by atoms with van der Waals surface area (Å²) in [5.41, 5.74) is 0.577. The maximum Gasteiger partial charge on any atom is 0.252 e. The van der Waals surface area contributed by atoms with Crippen LogP contribution in [0.4, 0.5) is 0 Å². The van der Waals surface area contributed by atoms with E-state index in [0.717, 1.165) is 9.39 Å². The first kappa shape index (κ1) is 15.5. The van der Waals surface area contributed by atoms with Gasteiger partial charge in [0.05, 0.1) is 5.56 Å². The molecule has 1 aromatic carbocycles. The first-order valence-corrected chi connectivity index (χ1v) is 7.69. The molecule has 1 aromatic heterocycles. The largest absolute Gasteiger partial charge is 0.352 e. The Bertz CT molecular complexity index is 697. The number of amides is 1. The van der Waals surface area contributed by atoms with Crippen LogP contribution < -0.4 is 5.32 Å². The van der Waals surface area contributed by atoms with Gasteiger partial charge in [-0.2, -0.15) is 5.10 Å². The summed E-state index contributed by atoms with van der Waals surface area (Å²) in [6.07, 6.45) is 0.604. The Morgan fingerprint density at radius 3 is 3.00 bits per heavy atom. The maximum absolute atomic E-state index is 12.1. The van der Waals surface area contributed by atoms with Crippen LogP contribution in [0, 0.1) is 8.34 Å². The molecule has 2 aromatic rings. The van der Waals surface area contributed by atoms with E-state index in [-0.39, 0.29) is 5.91 Å². The molecule has 5 nitrogen and oxygen atoms in total. The zero-order chi connectivity index (χ0) is 14.7. The van der Waals surface area contributed by atoms with Crippen LogP contribution in [0.25, 0.3) is 0 Å². The van der Waals surface area contributed by atoms with Crippen molar-refractivity contribution in [3.05, 3.63) is 43.0 Å². The molecule has 8 heteroatoms. The molecule has 20 heavy (non-hydrogen) atoms. The highest BCUT2D eigenvalue weighted by atomic mass is 127. The van der Waals surface area contributed by atoms with Crippen molar-refractivity contribution in [2.24, 2.45) is 7.05 Å². The van der Waals surface area contributed by atoms with E-state index in [4.69, 9.17) is 23.8 Å². The number of rotatable bonds is 4. The number of hydrogen-bond acceptors (Lipinski definition) is 3. The van der Waals surface area contributed by atoms with Gasteiger partial charge in [0, 0.05) is 28.6 Å². The van der Waals surface area contributed by atoms with Gasteiger partial charge in [-0.05, 0) is 53.0 Å². The van der Waals surface area contributed by atoms with Crippen molar-refractivity contribution < 1.29 is 4.79 Å². The van der Waals surface area contributed by atoms with Crippen molar-refractivity contribution in [1.29, 1.82) is 0 Å². The quantitative estimate of drug-likeness (QED) is 0.588. The van der Waals surface area contributed by atoms with Crippen molar-refractivity contribution in [1.82, 2.24) is 20.1 Å². The van der Waals surface area contributed by atoms with Crippen LogP contribution in [0.3, 0.4) is 0 Å². The number of hydrogen-bond donors (Lipinski definition) is 2. The number of halogens is 2. The number of benzene rings is 1. The van der Waals surface area contributed by atoms with Crippen LogP contribution in [0.2, 0.25) is 5.02 Å². The minimum atomic E-state index is -0.145. The SMILES string of the molecule is Cn1c(CCNC(=O)c2cc(Cl)ccc2I)n[nH]c1=S. The molecule has 0 radical (unpaired) electrons. The van der Waals surface area contributed by atoms with E-state index in [1.54, 1.807) is 16.7 Å². The third kappa shape index (κ3) is 3.58. The molecule has 0 aliphatic rings. The minimum Gasteiger partial charge on any atom is -0.352 e. The molecule has 0 saturated carbocycles. The summed E-state index contributed by atoms with van der Waals surface area (Å²) in [6, 6.07) is 5.23. The molecule has 2 rings (SSSR count). The molecule has 0 aliphatic carbocycles. The number of aromatic amines is 1. The van der Waals surface area contributed by atoms with Gasteiger partial charge in [-0.25, -0.2) is 0 Å². The minimum absolute atomic E-state index is 0.145. The third-order valence-corrected chi connectivity index (χ3v) is 4.32. The number of H-pyrrole nitrogens is 1.